The molecule has 1 aromatic heterocycles. The maximum absolute atomic E-state index is 12.1. The van der Waals surface area contributed by atoms with Crippen LogP contribution in [0.4, 0.5) is 0 Å². The van der Waals surface area contributed by atoms with E-state index < -0.39 is 0 Å². The first-order valence-corrected chi connectivity index (χ1v) is 6.51. The van der Waals surface area contributed by atoms with E-state index in [1.807, 2.05) is 37.1 Å². The summed E-state index contributed by atoms with van der Waals surface area (Å²) in [5, 5.41) is 2.03. The van der Waals surface area contributed by atoms with Gasteiger partial charge in [-0.15, -0.1) is 11.3 Å². The minimum absolute atomic E-state index is 0.0927. The van der Waals surface area contributed by atoms with Crippen LogP contribution in [0.25, 0.3) is 0 Å². The topological polar surface area (TPSA) is 46.3 Å². The summed E-state index contributed by atoms with van der Waals surface area (Å²) >= 11 is 1.68. The highest BCUT2D eigenvalue weighted by Gasteiger charge is 2.22. The highest BCUT2D eigenvalue weighted by atomic mass is 32.1. The summed E-state index contributed by atoms with van der Waals surface area (Å²) in [6.45, 7) is 7.20. The van der Waals surface area contributed by atoms with E-state index in [1.54, 1.807) is 11.3 Å². The molecule has 0 saturated carbocycles. The van der Waals surface area contributed by atoms with Crippen LogP contribution in [0.3, 0.4) is 0 Å². The lowest BCUT2D eigenvalue weighted by Crippen LogP contribution is -2.41. The zero-order valence-corrected chi connectivity index (χ0v) is 11.0. The van der Waals surface area contributed by atoms with Crippen LogP contribution in [-0.2, 0) is 11.3 Å². The van der Waals surface area contributed by atoms with Crippen molar-refractivity contribution in [2.75, 3.05) is 6.54 Å². The first kappa shape index (κ1) is 13.2. The molecule has 0 saturated heterocycles. The fourth-order valence-corrected chi connectivity index (χ4v) is 2.17. The number of amides is 1. The van der Waals surface area contributed by atoms with E-state index in [0.717, 1.165) is 6.54 Å². The summed E-state index contributed by atoms with van der Waals surface area (Å²) in [5.74, 6) is 0.0332. The van der Waals surface area contributed by atoms with Crippen molar-refractivity contribution in [1.82, 2.24) is 4.90 Å². The molecule has 0 bridgehead atoms. The zero-order chi connectivity index (χ0) is 12.1. The second-order valence-corrected chi connectivity index (χ2v) is 5.11. The molecule has 1 heterocycles. The quantitative estimate of drug-likeness (QED) is 0.856. The standard InChI is InChI=1S/C12H20N2OS/c1-4-14(8-11-6-5-7-16-11)12(15)9(2)10(3)13/h5-7,9-10H,4,8,13H2,1-3H3. The summed E-state index contributed by atoms with van der Waals surface area (Å²) in [4.78, 5) is 15.2. The van der Waals surface area contributed by atoms with Crippen LogP contribution in [0.1, 0.15) is 25.6 Å². The highest BCUT2D eigenvalue weighted by molar-refractivity contribution is 7.09. The molecule has 1 rings (SSSR count). The van der Waals surface area contributed by atoms with Gasteiger partial charge in [-0.3, -0.25) is 4.79 Å². The molecule has 0 aliphatic carbocycles. The van der Waals surface area contributed by atoms with Gasteiger partial charge in [0, 0.05) is 17.5 Å². The number of nitrogens with zero attached hydrogens (tertiary/aromatic N) is 1. The van der Waals surface area contributed by atoms with E-state index in [2.05, 4.69) is 6.07 Å². The number of hydrogen-bond acceptors (Lipinski definition) is 3. The van der Waals surface area contributed by atoms with Gasteiger partial charge in [0.05, 0.1) is 12.5 Å². The number of thiophene rings is 1. The Hall–Kier alpha value is -0.870. The Morgan fingerprint density at radius 3 is 2.69 bits per heavy atom. The van der Waals surface area contributed by atoms with Gasteiger partial charge in [0.25, 0.3) is 0 Å². The fourth-order valence-electron chi connectivity index (χ4n) is 1.45. The van der Waals surface area contributed by atoms with Gasteiger partial charge in [0.1, 0.15) is 0 Å². The molecular formula is C12H20N2OS. The van der Waals surface area contributed by atoms with Crippen LogP contribution in [0, 0.1) is 5.92 Å². The van der Waals surface area contributed by atoms with Gasteiger partial charge in [-0.25, -0.2) is 0 Å². The molecule has 0 fully saturated rings. The van der Waals surface area contributed by atoms with Crippen molar-refractivity contribution in [3.8, 4) is 0 Å². The number of nitrogens with two attached hydrogens (primary N) is 1. The maximum atomic E-state index is 12.1. The van der Waals surface area contributed by atoms with Crippen LogP contribution in [-0.4, -0.2) is 23.4 Å². The Balaban J connectivity index is 2.64. The molecule has 0 aliphatic rings. The third-order valence-corrected chi connectivity index (χ3v) is 3.66. The summed E-state index contributed by atoms with van der Waals surface area (Å²) in [7, 11) is 0. The second-order valence-electron chi connectivity index (χ2n) is 4.08. The summed E-state index contributed by atoms with van der Waals surface area (Å²) in [5.41, 5.74) is 5.76. The van der Waals surface area contributed by atoms with Gasteiger partial charge in [-0.05, 0) is 25.3 Å². The Labute approximate surface area is 101 Å². The normalized spacial score (nSPS) is 14.5. The van der Waals surface area contributed by atoms with Crippen LogP contribution in [0.15, 0.2) is 17.5 Å². The largest absolute Gasteiger partial charge is 0.338 e. The molecular weight excluding hydrogens is 220 g/mol. The Bertz CT molecular complexity index is 322. The van der Waals surface area contributed by atoms with Crippen LogP contribution >= 0.6 is 11.3 Å². The fraction of sp³-hybridized carbons (Fsp3) is 0.583. The van der Waals surface area contributed by atoms with Crippen molar-refractivity contribution in [2.24, 2.45) is 11.7 Å². The van der Waals surface area contributed by atoms with E-state index in [0.29, 0.717) is 6.54 Å². The monoisotopic (exact) mass is 240 g/mol. The summed E-state index contributed by atoms with van der Waals surface area (Å²) in [6.07, 6.45) is 0. The van der Waals surface area contributed by atoms with E-state index in [-0.39, 0.29) is 17.9 Å². The number of rotatable bonds is 5. The minimum atomic E-state index is -0.111. The van der Waals surface area contributed by atoms with E-state index in [9.17, 15) is 4.79 Å². The molecule has 1 amide bonds. The van der Waals surface area contributed by atoms with E-state index in [4.69, 9.17) is 5.73 Å². The highest BCUT2D eigenvalue weighted by Crippen LogP contribution is 2.14. The lowest BCUT2D eigenvalue weighted by molar-refractivity contribution is -0.135. The molecule has 90 valence electrons. The van der Waals surface area contributed by atoms with E-state index in [1.165, 1.54) is 4.88 Å². The van der Waals surface area contributed by atoms with Crippen molar-refractivity contribution in [3.63, 3.8) is 0 Å². The first-order chi connectivity index (χ1) is 7.56. The van der Waals surface area contributed by atoms with Gasteiger partial charge < -0.3 is 10.6 Å². The van der Waals surface area contributed by atoms with Crippen molar-refractivity contribution in [2.45, 2.75) is 33.4 Å². The van der Waals surface area contributed by atoms with Crippen molar-refractivity contribution in [3.05, 3.63) is 22.4 Å². The zero-order valence-electron chi connectivity index (χ0n) is 10.1. The average molecular weight is 240 g/mol. The number of carbonyl (C=O) groups is 1. The summed E-state index contributed by atoms with van der Waals surface area (Å²) in [6, 6.07) is 3.97. The molecule has 0 aliphatic heterocycles. The Morgan fingerprint density at radius 1 is 1.56 bits per heavy atom. The second kappa shape index (κ2) is 6.01. The Kier molecular flexibility index (Phi) is 4.96. The molecule has 0 spiro atoms. The predicted molar refractivity (Wildman–Crippen MR) is 68.2 cm³/mol. The van der Waals surface area contributed by atoms with Crippen LogP contribution in [0.2, 0.25) is 0 Å². The SMILES string of the molecule is CCN(Cc1cccs1)C(=O)C(C)C(C)N. The molecule has 0 radical (unpaired) electrons. The third kappa shape index (κ3) is 3.32. The van der Waals surface area contributed by atoms with Gasteiger partial charge in [-0.1, -0.05) is 13.0 Å². The van der Waals surface area contributed by atoms with E-state index >= 15 is 0 Å². The molecule has 4 heteroatoms. The van der Waals surface area contributed by atoms with Crippen molar-refractivity contribution >= 4 is 17.2 Å². The Morgan fingerprint density at radius 2 is 2.25 bits per heavy atom. The first-order valence-electron chi connectivity index (χ1n) is 5.63. The van der Waals surface area contributed by atoms with Crippen LogP contribution in [0.5, 0.6) is 0 Å². The molecule has 0 aromatic carbocycles. The van der Waals surface area contributed by atoms with Gasteiger partial charge in [0.2, 0.25) is 5.91 Å². The molecule has 2 unspecified atom stereocenters. The smallest absolute Gasteiger partial charge is 0.227 e. The van der Waals surface area contributed by atoms with Crippen LogP contribution < -0.4 is 5.73 Å². The predicted octanol–water partition coefficient (Wildman–Crippen LogP) is 2.08. The summed E-state index contributed by atoms with van der Waals surface area (Å²) < 4.78 is 0. The lowest BCUT2D eigenvalue weighted by Gasteiger charge is -2.25. The average Bonchev–Trinajstić information content (AvgIpc) is 2.76. The maximum Gasteiger partial charge on any atom is 0.227 e. The van der Waals surface area contributed by atoms with Crippen molar-refractivity contribution < 1.29 is 4.79 Å². The molecule has 2 N–H and O–H groups in total. The number of hydrogen-bond donors (Lipinski definition) is 1. The minimum Gasteiger partial charge on any atom is -0.338 e. The van der Waals surface area contributed by atoms with Gasteiger partial charge >= 0.3 is 0 Å². The van der Waals surface area contributed by atoms with Crippen molar-refractivity contribution in [1.29, 1.82) is 0 Å². The molecule has 2 atom stereocenters. The molecule has 1 aromatic rings. The van der Waals surface area contributed by atoms with Gasteiger partial charge in [0.15, 0.2) is 0 Å². The lowest BCUT2D eigenvalue weighted by atomic mass is 10.0. The number of carbonyl (C=O) groups excluding carboxylic acids is 1. The third-order valence-electron chi connectivity index (χ3n) is 2.80. The molecule has 16 heavy (non-hydrogen) atoms. The molecule has 3 nitrogen and oxygen atoms in total. The van der Waals surface area contributed by atoms with Gasteiger partial charge in [-0.2, -0.15) is 0 Å².